The van der Waals surface area contributed by atoms with Crippen LogP contribution in [0, 0.1) is 29.1 Å². The Morgan fingerprint density at radius 1 is 0.786 bits per heavy atom. The van der Waals surface area contributed by atoms with Crippen molar-refractivity contribution in [2.24, 2.45) is 29.1 Å². The molecule has 0 heterocycles. The SMILES string of the molecule is C1CCC2(C1)CC2C1CCC1C1CC1. The Labute approximate surface area is 87.5 Å². The van der Waals surface area contributed by atoms with E-state index in [2.05, 4.69) is 0 Å². The van der Waals surface area contributed by atoms with Gasteiger partial charge in [0.05, 0.1) is 0 Å². The van der Waals surface area contributed by atoms with Crippen molar-refractivity contribution >= 4 is 0 Å². The van der Waals surface area contributed by atoms with E-state index in [1.807, 2.05) is 0 Å². The van der Waals surface area contributed by atoms with E-state index in [1.165, 1.54) is 23.7 Å². The smallest absolute Gasteiger partial charge is 0.0263 e. The van der Waals surface area contributed by atoms with Crippen molar-refractivity contribution in [3.05, 3.63) is 0 Å². The quantitative estimate of drug-likeness (QED) is 0.617. The second kappa shape index (κ2) is 2.57. The zero-order chi connectivity index (χ0) is 9.17. The summed E-state index contributed by atoms with van der Waals surface area (Å²) in [5.74, 6) is 4.83. The van der Waals surface area contributed by atoms with E-state index in [-0.39, 0.29) is 0 Å². The Hall–Kier alpha value is 0. The molecule has 0 bridgehead atoms. The van der Waals surface area contributed by atoms with Gasteiger partial charge in [-0.05, 0) is 74.0 Å². The second-order valence-corrected chi connectivity index (χ2v) is 6.62. The molecule has 4 aliphatic carbocycles. The molecule has 4 rings (SSSR count). The first-order chi connectivity index (χ1) is 6.89. The lowest BCUT2D eigenvalue weighted by Gasteiger charge is -2.38. The Morgan fingerprint density at radius 2 is 1.50 bits per heavy atom. The number of hydrogen-bond acceptors (Lipinski definition) is 0. The highest BCUT2D eigenvalue weighted by Crippen LogP contribution is 2.70. The van der Waals surface area contributed by atoms with Crippen LogP contribution in [-0.4, -0.2) is 0 Å². The summed E-state index contributed by atoms with van der Waals surface area (Å²) >= 11 is 0. The first kappa shape index (κ1) is 8.19. The molecular formula is C14H22. The van der Waals surface area contributed by atoms with E-state index in [9.17, 15) is 0 Å². The van der Waals surface area contributed by atoms with E-state index in [4.69, 9.17) is 0 Å². The molecule has 1 spiro atoms. The summed E-state index contributed by atoms with van der Waals surface area (Å²) < 4.78 is 0. The van der Waals surface area contributed by atoms with Crippen molar-refractivity contribution in [1.82, 2.24) is 0 Å². The van der Waals surface area contributed by atoms with Crippen LogP contribution < -0.4 is 0 Å². The van der Waals surface area contributed by atoms with Crippen LogP contribution in [0.25, 0.3) is 0 Å². The van der Waals surface area contributed by atoms with Crippen LogP contribution in [-0.2, 0) is 0 Å². The summed E-state index contributed by atoms with van der Waals surface area (Å²) in [6.07, 6.45) is 14.3. The van der Waals surface area contributed by atoms with Crippen molar-refractivity contribution in [1.29, 1.82) is 0 Å². The Balaban J connectivity index is 1.45. The summed E-state index contributed by atoms with van der Waals surface area (Å²) in [6, 6.07) is 0. The van der Waals surface area contributed by atoms with Gasteiger partial charge in [0.25, 0.3) is 0 Å². The third kappa shape index (κ3) is 1.01. The predicted molar refractivity (Wildman–Crippen MR) is 57.9 cm³/mol. The zero-order valence-electron chi connectivity index (χ0n) is 9.17. The van der Waals surface area contributed by atoms with Crippen molar-refractivity contribution in [3.8, 4) is 0 Å². The lowest BCUT2D eigenvalue weighted by Crippen LogP contribution is -2.30. The molecule has 4 aliphatic rings. The standard InChI is InChI=1S/C14H22/c1-2-8-14(7-1)9-13(14)12-6-5-11(12)10-3-4-10/h10-13H,1-9H2. The topological polar surface area (TPSA) is 0 Å². The van der Waals surface area contributed by atoms with Gasteiger partial charge in [-0.3, -0.25) is 0 Å². The fourth-order valence-corrected chi connectivity index (χ4v) is 4.80. The Morgan fingerprint density at radius 3 is 2.07 bits per heavy atom. The molecule has 0 aromatic rings. The van der Waals surface area contributed by atoms with Crippen molar-refractivity contribution in [2.45, 2.75) is 57.8 Å². The summed E-state index contributed by atoms with van der Waals surface area (Å²) in [4.78, 5) is 0. The minimum atomic E-state index is 0.929. The molecule has 4 saturated carbocycles. The second-order valence-electron chi connectivity index (χ2n) is 6.62. The largest absolute Gasteiger partial charge is 0.0527 e. The molecule has 0 radical (unpaired) electrons. The molecule has 78 valence electrons. The Bertz CT molecular complexity index is 245. The van der Waals surface area contributed by atoms with Crippen LogP contribution >= 0.6 is 0 Å². The average Bonchev–Trinajstić information content (AvgIpc) is 2.95. The van der Waals surface area contributed by atoms with E-state index < -0.39 is 0 Å². The molecule has 3 unspecified atom stereocenters. The summed E-state index contributed by atoms with van der Waals surface area (Å²) in [7, 11) is 0. The molecular weight excluding hydrogens is 168 g/mol. The van der Waals surface area contributed by atoms with Gasteiger partial charge in [-0.25, -0.2) is 0 Å². The van der Waals surface area contributed by atoms with E-state index in [0.717, 1.165) is 5.41 Å². The van der Waals surface area contributed by atoms with Crippen LogP contribution in [0.4, 0.5) is 0 Å². The van der Waals surface area contributed by atoms with Gasteiger partial charge in [0, 0.05) is 0 Å². The predicted octanol–water partition coefficient (Wildman–Crippen LogP) is 4.00. The maximum Gasteiger partial charge on any atom is -0.0263 e. The molecule has 3 atom stereocenters. The zero-order valence-corrected chi connectivity index (χ0v) is 9.17. The molecule has 0 saturated heterocycles. The highest BCUT2D eigenvalue weighted by atomic mass is 14.7. The molecule has 0 heteroatoms. The molecule has 0 nitrogen and oxygen atoms in total. The molecule has 0 amide bonds. The van der Waals surface area contributed by atoms with Crippen LogP contribution in [0.2, 0.25) is 0 Å². The maximum absolute atomic E-state index is 1.64. The molecule has 0 aromatic carbocycles. The van der Waals surface area contributed by atoms with Gasteiger partial charge in [-0.1, -0.05) is 12.8 Å². The van der Waals surface area contributed by atoms with Crippen LogP contribution in [0.1, 0.15) is 57.8 Å². The van der Waals surface area contributed by atoms with Crippen LogP contribution in [0.15, 0.2) is 0 Å². The first-order valence-electron chi connectivity index (χ1n) is 6.89. The van der Waals surface area contributed by atoms with Gasteiger partial charge in [0.15, 0.2) is 0 Å². The van der Waals surface area contributed by atoms with Crippen molar-refractivity contribution in [2.75, 3.05) is 0 Å². The number of rotatable bonds is 2. The van der Waals surface area contributed by atoms with Gasteiger partial charge in [-0.15, -0.1) is 0 Å². The van der Waals surface area contributed by atoms with Crippen molar-refractivity contribution in [3.63, 3.8) is 0 Å². The maximum atomic E-state index is 1.64. The van der Waals surface area contributed by atoms with Crippen LogP contribution in [0.5, 0.6) is 0 Å². The first-order valence-corrected chi connectivity index (χ1v) is 6.89. The minimum Gasteiger partial charge on any atom is -0.0527 e. The molecule has 14 heavy (non-hydrogen) atoms. The number of hydrogen-bond donors (Lipinski definition) is 0. The highest BCUT2D eigenvalue weighted by Gasteiger charge is 2.61. The van der Waals surface area contributed by atoms with Gasteiger partial charge < -0.3 is 0 Å². The highest BCUT2D eigenvalue weighted by molar-refractivity contribution is 5.11. The lowest BCUT2D eigenvalue weighted by molar-refractivity contribution is 0.108. The monoisotopic (exact) mass is 190 g/mol. The van der Waals surface area contributed by atoms with Gasteiger partial charge in [0.2, 0.25) is 0 Å². The van der Waals surface area contributed by atoms with E-state index in [1.54, 1.807) is 57.8 Å². The lowest BCUT2D eigenvalue weighted by atomic mass is 9.67. The summed E-state index contributed by atoms with van der Waals surface area (Å²) in [6.45, 7) is 0. The van der Waals surface area contributed by atoms with E-state index >= 15 is 0 Å². The van der Waals surface area contributed by atoms with Crippen molar-refractivity contribution < 1.29 is 0 Å². The fraction of sp³-hybridized carbons (Fsp3) is 1.00. The normalized spacial score (nSPS) is 49.3. The van der Waals surface area contributed by atoms with Gasteiger partial charge >= 0.3 is 0 Å². The Kier molecular flexibility index (Phi) is 1.50. The average molecular weight is 190 g/mol. The molecule has 4 fully saturated rings. The molecule has 0 N–H and O–H groups in total. The third-order valence-electron chi connectivity index (χ3n) is 5.98. The summed E-state index contributed by atoms with van der Waals surface area (Å²) in [5.41, 5.74) is 0.929. The molecule has 0 aromatic heterocycles. The van der Waals surface area contributed by atoms with Crippen LogP contribution in [0.3, 0.4) is 0 Å². The van der Waals surface area contributed by atoms with E-state index in [0.29, 0.717) is 0 Å². The minimum absolute atomic E-state index is 0.929. The van der Waals surface area contributed by atoms with Gasteiger partial charge in [-0.2, -0.15) is 0 Å². The fourth-order valence-electron chi connectivity index (χ4n) is 4.80. The van der Waals surface area contributed by atoms with Gasteiger partial charge in [0.1, 0.15) is 0 Å². The summed E-state index contributed by atoms with van der Waals surface area (Å²) in [5, 5.41) is 0. The third-order valence-corrected chi connectivity index (χ3v) is 5.98. The molecule has 0 aliphatic heterocycles.